The number of aryl methyl sites for hydroxylation is 2. The largest absolute Gasteiger partial charge is 0.479 e. The molecule has 23 heavy (non-hydrogen) atoms. The second-order valence-electron chi connectivity index (χ2n) is 5.10. The molecule has 1 amide bonds. The second-order valence-corrected chi connectivity index (χ2v) is 5.50. The monoisotopic (exact) mass is 339 g/mol. The fourth-order valence-electron chi connectivity index (χ4n) is 2.16. The van der Waals surface area contributed by atoms with Crippen molar-refractivity contribution < 1.29 is 19.1 Å². The molecular weight excluding hydrogens is 325 g/mol. The number of hydrogen-bond donors (Lipinski definition) is 2. The van der Waals surface area contributed by atoms with Gasteiger partial charge in [0.2, 0.25) is 5.91 Å². The first-order valence-corrected chi connectivity index (χ1v) is 7.14. The smallest absolute Gasteiger partial charge is 0.330 e. The van der Waals surface area contributed by atoms with Gasteiger partial charge in [0.15, 0.2) is 6.04 Å². The Morgan fingerprint density at radius 3 is 2.61 bits per heavy atom. The number of carbonyl (C=O) groups is 2. The number of benzene rings is 1. The van der Waals surface area contributed by atoms with Crippen molar-refractivity contribution in [2.24, 2.45) is 0 Å². The van der Waals surface area contributed by atoms with E-state index in [-0.39, 0.29) is 17.1 Å². The second kappa shape index (κ2) is 6.78. The van der Waals surface area contributed by atoms with Crippen molar-refractivity contribution in [3.63, 3.8) is 0 Å². The third-order valence-corrected chi connectivity index (χ3v) is 3.53. The number of carboxylic acid groups (broad SMARTS) is 1. The Bertz CT molecular complexity index is 760. The first-order valence-electron chi connectivity index (χ1n) is 6.76. The summed E-state index contributed by atoms with van der Waals surface area (Å²) in [5.74, 6) is -2.59. The Balaban J connectivity index is 2.16. The van der Waals surface area contributed by atoms with Crippen LogP contribution in [0.5, 0.6) is 0 Å². The molecule has 1 aromatic carbocycles. The molecule has 2 rings (SSSR count). The predicted molar refractivity (Wildman–Crippen MR) is 81.6 cm³/mol. The lowest BCUT2D eigenvalue weighted by Gasteiger charge is -2.15. The first kappa shape index (κ1) is 17.0. The van der Waals surface area contributed by atoms with Crippen molar-refractivity contribution in [2.45, 2.75) is 26.4 Å². The van der Waals surface area contributed by atoms with Crippen LogP contribution in [0, 0.1) is 19.7 Å². The number of carbonyl (C=O) groups excluding carboxylic acids is 1. The summed E-state index contributed by atoms with van der Waals surface area (Å²) in [4.78, 5) is 23.4. The molecule has 0 aliphatic carbocycles. The van der Waals surface area contributed by atoms with E-state index in [4.69, 9.17) is 11.6 Å². The molecule has 2 N–H and O–H groups in total. The number of aliphatic carboxylic acids is 1. The molecule has 0 aliphatic heterocycles. The van der Waals surface area contributed by atoms with Crippen molar-refractivity contribution >= 4 is 23.5 Å². The number of nitrogens with zero attached hydrogens (tertiary/aromatic N) is 2. The minimum atomic E-state index is -1.37. The molecule has 1 atom stereocenters. The third-order valence-electron chi connectivity index (χ3n) is 3.23. The quantitative estimate of drug-likeness (QED) is 0.875. The van der Waals surface area contributed by atoms with Gasteiger partial charge in [-0.15, -0.1) is 0 Å². The number of amides is 1. The first-order chi connectivity index (χ1) is 10.8. The maximum absolute atomic E-state index is 13.5. The van der Waals surface area contributed by atoms with Crippen LogP contribution >= 0.6 is 11.6 Å². The highest BCUT2D eigenvalue weighted by atomic mass is 35.5. The summed E-state index contributed by atoms with van der Waals surface area (Å²) in [5, 5.41) is 15.6. The number of carboxylic acids is 1. The van der Waals surface area contributed by atoms with Crippen LogP contribution in [-0.4, -0.2) is 26.8 Å². The average molecular weight is 340 g/mol. The number of hydrogen-bond acceptors (Lipinski definition) is 3. The summed E-state index contributed by atoms with van der Waals surface area (Å²) in [5.41, 5.74) is 1.63. The van der Waals surface area contributed by atoms with Gasteiger partial charge in [-0.2, -0.15) is 5.10 Å². The van der Waals surface area contributed by atoms with E-state index in [2.05, 4.69) is 10.4 Å². The van der Waals surface area contributed by atoms with Gasteiger partial charge >= 0.3 is 5.97 Å². The van der Waals surface area contributed by atoms with E-state index in [1.807, 2.05) is 0 Å². The van der Waals surface area contributed by atoms with Crippen LogP contribution in [-0.2, 0) is 16.1 Å². The molecule has 122 valence electrons. The minimum absolute atomic E-state index is 0.0983. The molecule has 0 bridgehead atoms. The van der Waals surface area contributed by atoms with Gasteiger partial charge in [-0.05, 0) is 37.6 Å². The van der Waals surface area contributed by atoms with Gasteiger partial charge in [-0.25, -0.2) is 9.18 Å². The fraction of sp³-hybridized carbons (Fsp3) is 0.267. The fourth-order valence-corrected chi connectivity index (χ4v) is 2.27. The lowest BCUT2D eigenvalue weighted by molar-refractivity contribution is -0.142. The topological polar surface area (TPSA) is 84.2 Å². The lowest BCUT2D eigenvalue weighted by Crippen LogP contribution is -2.36. The highest BCUT2D eigenvalue weighted by Crippen LogP contribution is 2.20. The van der Waals surface area contributed by atoms with Gasteiger partial charge in [0.05, 0.1) is 10.7 Å². The van der Waals surface area contributed by atoms with Crippen LogP contribution in [0.4, 0.5) is 4.39 Å². The standard InChI is InChI=1S/C15H15ClFN3O3/c1-8-5-9(2)20(19-8)7-13(21)18-14(15(22)23)10-3-4-11(16)12(17)6-10/h3-6,14H,7H2,1-2H3,(H,18,21)(H,22,23). The van der Waals surface area contributed by atoms with Gasteiger partial charge in [-0.1, -0.05) is 17.7 Å². The molecule has 1 aromatic heterocycles. The van der Waals surface area contributed by atoms with Crippen molar-refractivity contribution in [1.29, 1.82) is 0 Å². The summed E-state index contributed by atoms with van der Waals surface area (Å²) in [6, 6.07) is 4.02. The number of nitrogens with one attached hydrogen (secondary N) is 1. The van der Waals surface area contributed by atoms with Crippen LogP contribution < -0.4 is 5.32 Å². The molecule has 0 radical (unpaired) electrons. The van der Waals surface area contributed by atoms with Crippen molar-refractivity contribution in [1.82, 2.24) is 15.1 Å². The van der Waals surface area contributed by atoms with Crippen molar-refractivity contribution in [3.8, 4) is 0 Å². The number of aromatic nitrogens is 2. The number of halogens is 2. The van der Waals surface area contributed by atoms with Crippen LogP contribution in [0.2, 0.25) is 5.02 Å². The predicted octanol–water partition coefficient (Wildman–Crippen LogP) is 2.23. The third kappa shape index (κ3) is 4.07. The molecule has 0 fully saturated rings. The summed E-state index contributed by atoms with van der Waals surface area (Å²) < 4.78 is 15.0. The van der Waals surface area contributed by atoms with Gasteiger partial charge < -0.3 is 10.4 Å². The van der Waals surface area contributed by atoms with Crippen LogP contribution in [0.15, 0.2) is 24.3 Å². The Hall–Kier alpha value is -2.41. The molecule has 2 aromatic rings. The van der Waals surface area contributed by atoms with Crippen molar-refractivity contribution in [2.75, 3.05) is 0 Å². The van der Waals surface area contributed by atoms with Gasteiger partial charge in [0, 0.05) is 5.69 Å². The molecule has 0 saturated carbocycles. The summed E-state index contributed by atoms with van der Waals surface area (Å²) in [6.45, 7) is 3.45. The minimum Gasteiger partial charge on any atom is -0.479 e. The van der Waals surface area contributed by atoms with E-state index in [1.165, 1.54) is 16.8 Å². The molecule has 0 saturated heterocycles. The average Bonchev–Trinajstić information content (AvgIpc) is 2.77. The molecule has 8 heteroatoms. The normalized spacial score (nSPS) is 12.0. The zero-order valence-electron chi connectivity index (χ0n) is 12.5. The van der Waals surface area contributed by atoms with E-state index in [0.717, 1.165) is 17.5 Å². The van der Waals surface area contributed by atoms with Gasteiger partial charge in [0.25, 0.3) is 0 Å². The Morgan fingerprint density at radius 1 is 1.39 bits per heavy atom. The Morgan fingerprint density at radius 2 is 2.09 bits per heavy atom. The maximum Gasteiger partial charge on any atom is 0.330 e. The van der Waals surface area contributed by atoms with Gasteiger partial charge in [-0.3, -0.25) is 9.48 Å². The summed E-state index contributed by atoms with van der Waals surface area (Å²) in [7, 11) is 0. The highest BCUT2D eigenvalue weighted by molar-refractivity contribution is 6.30. The van der Waals surface area contributed by atoms with Crippen LogP contribution in [0.25, 0.3) is 0 Å². The molecule has 6 nitrogen and oxygen atoms in total. The van der Waals surface area contributed by atoms with Gasteiger partial charge in [0.1, 0.15) is 12.4 Å². The lowest BCUT2D eigenvalue weighted by atomic mass is 10.1. The Kier molecular flexibility index (Phi) is 5.00. The molecule has 1 heterocycles. The molecule has 1 unspecified atom stereocenters. The Labute approximate surface area is 136 Å². The molecule has 0 spiro atoms. The van der Waals surface area contributed by atoms with E-state index in [9.17, 15) is 19.1 Å². The van der Waals surface area contributed by atoms with E-state index in [1.54, 1.807) is 19.9 Å². The van der Waals surface area contributed by atoms with Crippen LogP contribution in [0.3, 0.4) is 0 Å². The summed E-state index contributed by atoms with van der Waals surface area (Å²) in [6.07, 6.45) is 0. The molecule has 0 aliphatic rings. The zero-order valence-corrected chi connectivity index (χ0v) is 13.3. The van der Waals surface area contributed by atoms with Crippen LogP contribution in [0.1, 0.15) is 23.0 Å². The zero-order chi connectivity index (χ0) is 17.1. The molecular formula is C15H15ClFN3O3. The van der Waals surface area contributed by atoms with E-state index in [0.29, 0.717) is 0 Å². The van der Waals surface area contributed by atoms with E-state index < -0.39 is 23.7 Å². The van der Waals surface area contributed by atoms with E-state index >= 15 is 0 Å². The maximum atomic E-state index is 13.5. The van der Waals surface area contributed by atoms with Crippen molar-refractivity contribution in [3.05, 3.63) is 52.1 Å². The highest BCUT2D eigenvalue weighted by Gasteiger charge is 2.23. The SMILES string of the molecule is Cc1cc(C)n(CC(=O)NC(C(=O)O)c2ccc(Cl)c(F)c2)n1. The summed E-state index contributed by atoms with van der Waals surface area (Å²) >= 11 is 5.58. The number of rotatable bonds is 5.